The van der Waals surface area contributed by atoms with Crippen LogP contribution in [0.5, 0.6) is 5.75 Å². The Morgan fingerprint density at radius 3 is 2.33 bits per heavy atom. The first-order valence-corrected chi connectivity index (χ1v) is 6.30. The Labute approximate surface area is 108 Å². The number of rotatable bonds is 3. The number of pyridine rings is 1. The molecule has 0 N–H and O–H groups in total. The molecule has 2 heterocycles. The summed E-state index contributed by atoms with van der Waals surface area (Å²) in [5.41, 5.74) is 2.13. The fourth-order valence-corrected chi connectivity index (χ4v) is 1.94. The highest BCUT2D eigenvalue weighted by molar-refractivity contribution is 5.36. The zero-order chi connectivity index (χ0) is 13.2. The highest BCUT2D eigenvalue weighted by atomic mass is 16.7. The average Bonchev–Trinajstić information content (AvgIpc) is 2.30. The monoisotopic (exact) mass is 251 g/mol. The topological polar surface area (TPSA) is 40.6 Å². The van der Waals surface area contributed by atoms with Gasteiger partial charge in [0.05, 0.1) is 19.8 Å². The zero-order valence-corrected chi connectivity index (χ0v) is 11.5. The molecular weight excluding hydrogens is 230 g/mol. The van der Waals surface area contributed by atoms with Gasteiger partial charge in [0, 0.05) is 29.4 Å². The van der Waals surface area contributed by atoms with E-state index < -0.39 is 5.79 Å². The van der Waals surface area contributed by atoms with Crippen molar-refractivity contribution in [2.45, 2.75) is 33.5 Å². The summed E-state index contributed by atoms with van der Waals surface area (Å²) in [5.74, 6) is 0.749. The van der Waals surface area contributed by atoms with Gasteiger partial charge in [-0.2, -0.15) is 0 Å². The molecule has 1 aromatic rings. The molecule has 0 saturated carbocycles. The molecule has 0 aromatic carbocycles. The number of ether oxygens (including phenoxy) is 3. The summed E-state index contributed by atoms with van der Waals surface area (Å²) in [5, 5.41) is 0. The molecule has 1 aliphatic heterocycles. The second kappa shape index (κ2) is 5.24. The van der Waals surface area contributed by atoms with E-state index in [2.05, 4.69) is 4.98 Å². The highest BCUT2D eigenvalue weighted by Gasteiger charge is 2.28. The fraction of sp³-hybridized carbons (Fsp3) is 0.643. The molecule has 0 radical (unpaired) electrons. The Hall–Kier alpha value is -1.13. The molecule has 4 nitrogen and oxygen atoms in total. The van der Waals surface area contributed by atoms with Crippen LogP contribution in [0, 0.1) is 19.8 Å². The van der Waals surface area contributed by atoms with Gasteiger partial charge in [-0.25, -0.2) is 0 Å². The lowest BCUT2D eigenvalue weighted by Crippen LogP contribution is -2.41. The molecule has 18 heavy (non-hydrogen) atoms. The largest absolute Gasteiger partial charge is 0.492 e. The second-order valence-corrected chi connectivity index (χ2v) is 5.30. The Morgan fingerprint density at radius 2 is 1.78 bits per heavy atom. The third-order valence-corrected chi connectivity index (χ3v) is 3.05. The maximum atomic E-state index is 5.88. The van der Waals surface area contributed by atoms with Crippen LogP contribution in [0.4, 0.5) is 0 Å². The summed E-state index contributed by atoms with van der Waals surface area (Å²) in [7, 11) is 0. The molecule has 0 amide bonds. The summed E-state index contributed by atoms with van der Waals surface area (Å²) in [6.07, 6.45) is 3.64. The molecule has 0 unspecified atom stereocenters. The number of aromatic nitrogens is 1. The van der Waals surface area contributed by atoms with Crippen molar-refractivity contribution in [3.8, 4) is 5.75 Å². The van der Waals surface area contributed by atoms with Crippen LogP contribution in [0.1, 0.15) is 25.0 Å². The summed E-state index contributed by atoms with van der Waals surface area (Å²) in [6.45, 7) is 9.84. The van der Waals surface area contributed by atoms with Crippen molar-refractivity contribution in [3.05, 3.63) is 23.5 Å². The molecule has 1 fully saturated rings. The van der Waals surface area contributed by atoms with Gasteiger partial charge in [0.1, 0.15) is 5.75 Å². The standard InChI is InChI=1S/C14H21NO3/c1-10-5-15-6-11(2)13(10)16-7-12-8-17-14(3,4)18-9-12/h5-6,12H,7-9H2,1-4H3. The number of hydrogen-bond acceptors (Lipinski definition) is 4. The minimum atomic E-state index is -0.459. The van der Waals surface area contributed by atoms with Gasteiger partial charge < -0.3 is 14.2 Å². The van der Waals surface area contributed by atoms with Crippen molar-refractivity contribution in [2.24, 2.45) is 5.92 Å². The first-order valence-electron chi connectivity index (χ1n) is 6.30. The van der Waals surface area contributed by atoms with Crippen LogP contribution in [-0.2, 0) is 9.47 Å². The molecule has 0 aliphatic carbocycles. The molecule has 100 valence electrons. The van der Waals surface area contributed by atoms with E-state index in [0.717, 1.165) is 16.9 Å². The molecule has 0 spiro atoms. The van der Waals surface area contributed by atoms with E-state index in [-0.39, 0.29) is 5.92 Å². The lowest BCUT2D eigenvalue weighted by Gasteiger charge is -2.34. The third kappa shape index (κ3) is 3.21. The summed E-state index contributed by atoms with van der Waals surface area (Å²) in [4.78, 5) is 4.13. The van der Waals surface area contributed by atoms with Crippen molar-refractivity contribution in [2.75, 3.05) is 19.8 Å². The average molecular weight is 251 g/mol. The molecular formula is C14H21NO3. The van der Waals surface area contributed by atoms with Gasteiger partial charge >= 0.3 is 0 Å². The van der Waals surface area contributed by atoms with Crippen LogP contribution in [0.25, 0.3) is 0 Å². The normalized spacial score (nSPS) is 19.8. The van der Waals surface area contributed by atoms with Gasteiger partial charge in [-0.1, -0.05) is 0 Å². The predicted molar refractivity (Wildman–Crippen MR) is 68.7 cm³/mol. The third-order valence-electron chi connectivity index (χ3n) is 3.05. The van der Waals surface area contributed by atoms with Gasteiger partial charge in [0.25, 0.3) is 0 Å². The van der Waals surface area contributed by atoms with E-state index in [4.69, 9.17) is 14.2 Å². The first-order chi connectivity index (χ1) is 8.48. The van der Waals surface area contributed by atoms with Gasteiger partial charge in [0.15, 0.2) is 5.79 Å². The van der Waals surface area contributed by atoms with Crippen LogP contribution < -0.4 is 4.74 Å². The number of aryl methyl sites for hydroxylation is 2. The summed E-state index contributed by atoms with van der Waals surface area (Å²) < 4.78 is 17.1. The van der Waals surface area contributed by atoms with Gasteiger partial charge in [-0.15, -0.1) is 0 Å². The lowest BCUT2D eigenvalue weighted by atomic mass is 10.1. The first kappa shape index (κ1) is 13.3. The lowest BCUT2D eigenvalue weighted by molar-refractivity contribution is -0.264. The smallest absolute Gasteiger partial charge is 0.162 e. The van der Waals surface area contributed by atoms with Gasteiger partial charge in [0.2, 0.25) is 0 Å². The minimum Gasteiger partial charge on any atom is -0.492 e. The van der Waals surface area contributed by atoms with E-state index in [0.29, 0.717) is 19.8 Å². The van der Waals surface area contributed by atoms with Crippen molar-refractivity contribution in [3.63, 3.8) is 0 Å². The van der Waals surface area contributed by atoms with Crippen molar-refractivity contribution >= 4 is 0 Å². The van der Waals surface area contributed by atoms with Crippen molar-refractivity contribution < 1.29 is 14.2 Å². The fourth-order valence-electron chi connectivity index (χ4n) is 1.94. The Balaban J connectivity index is 1.89. The number of hydrogen-bond donors (Lipinski definition) is 0. The molecule has 2 rings (SSSR count). The Kier molecular flexibility index (Phi) is 3.88. The maximum absolute atomic E-state index is 5.88. The molecule has 4 heteroatoms. The maximum Gasteiger partial charge on any atom is 0.162 e. The zero-order valence-electron chi connectivity index (χ0n) is 11.5. The van der Waals surface area contributed by atoms with E-state index >= 15 is 0 Å². The van der Waals surface area contributed by atoms with E-state index in [1.54, 1.807) is 0 Å². The van der Waals surface area contributed by atoms with Crippen LogP contribution in [0.2, 0.25) is 0 Å². The van der Waals surface area contributed by atoms with E-state index in [9.17, 15) is 0 Å². The Bertz CT molecular complexity index is 387. The van der Waals surface area contributed by atoms with E-state index in [1.165, 1.54) is 0 Å². The quantitative estimate of drug-likeness (QED) is 0.827. The molecule has 0 bridgehead atoms. The second-order valence-electron chi connectivity index (χ2n) is 5.30. The van der Waals surface area contributed by atoms with Crippen molar-refractivity contribution in [1.82, 2.24) is 4.98 Å². The van der Waals surface area contributed by atoms with Crippen LogP contribution in [-0.4, -0.2) is 30.6 Å². The summed E-state index contributed by atoms with van der Waals surface area (Å²) >= 11 is 0. The highest BCUT2D eigenvalue weighted by Crippen LogP contribution is 2.24. The minimum absolute atomic E-state index is 0.282. The summed E-state index contributed by atoms with van der Waals surface area (Å²) in [6, 6.07) is 0. The van der Waals surface area contributed by atoms with Crippen LogP contribution >= 0.6 is 0 Å². The Morgan fingerprint density at radius 1 is 1.22 bits per heavy atom. The molecule has 1 aromatic heterocycles. The number of nitrogens with zero attached hydrogens (tertiary/aromatic N) is 1. The van der Waals surface area contributed by atoms with Gasteiger partial charge in [-0.05, 0) is 27.7 Å². The van der Waals surface area contributed by atoms with Crippen LogP contribution in [0.15, 0.2) is 12.4 Å². The van der Waals surface area contributed by atoms with E-state index in [1.807, 2.05) is 40.1 Å². The SMILES string of the molecule is Cc1cncc(C)c1OCC1COC(C)(C)OC1. The van der Waals surface area contributed by atoms with Gasteiger partial charge in [-0.3, -0.25) is 4.98 Å². The predicted octanol–water partition coefficient (Wildman–Crippen LogP) is 2.48. The molecule has 0 atom stereocenters. The molecule has 1 saturated heterocycles. The molecule has 1 aliphatic rings. The van der Waals surface area contributed by atoms with Crippen LogP contribution in [0.3, 0.4) is 0 Å². The van der Waals surface area contributed by atoms with Crippen molar-refractivity contribution in [1.29, 1.82) is 0 Å².